The summed E-state index contributed by atoms with van der Waals surface area (Å²) in [4.78, 5) is 0. The molecule has 108 valence electrons. The lowest BCUT2D eigenvalue weighted by molar-refractivity contribution is -0.0499. The van der Waals surface area contributed by atoms with Crippen LogP contribution in [0.4, 0.5) is 8.78 Å². The van der Waals surface area contributed by atoms with Crippen LogP contribution < -0.4 is 10.1 Å². The van der Waals surface area contributed by atoms with Crippen molar-refractivity contribution in [3.05, 3.63) is 29.8 Å². The van der Waals surface area contributed by atoms with Crippen LogP contribution in [0.1, 0.15) is 32.4 Å². The van der Waals surface area contributed by atoms with Crippen LogP contribution >= 0.6 is 0 Å². The van der Waals surface area contributed by atoms with E-state index >= 15 is 0 Å². The number of alkyl halides is 2. The Morgan fingerprint density at radius 2 is 2.00 bits per heavy atom. The Balaban J connectivity index is 2.58. The fourth-order valence-electron chi connectivity index (χ4n) is 1.83. The van der Waals surface area contributed by atoms with Crippen molar-refractivity contribution >= 4 is 0 Å². The highest BCUT2D eigenvalue weighted by Crippen LogP contribution is 2.20. The highest BCUT2D eigenvalue weighted by Gasteiger charge is 2.11. The van der Waals surface area contributed by atoms with Gasteiger partial charge in [-0.2, -0.15) is 8.78 Å². The molecule has 2 atom stereocenters. The number of benzene rings is 1. The molecule has 0 amide bonds. The summed E-state index contributed by atoms with van der Waals surface area (Å²) < 4.78 is 34.0. The van der Waals surface area contributed by atoms with Gasteiger partial charge in [0.1, 0.15) is 5.75 Å². The van der Waals surface area contributed by atoms with E-state index in [4.69, 9.17) is 4.74 Å². The summed E-state index contributed by atoms with van der Waals surface area (Å²) in [7, 11) is 0. The maximum atomic E-state index is 12.1. The minimum Gasteiger partial charge on any atom is -0.435 e. The molecule has 0 saturated heterocycles. The number of hydrogen-bond acceptors (Lipinski definition) is 3. The average molecular weight is 273 g/mol. The van der Waals surface area contributed by atoms with E-state index in [-0.39, 0.29) is 17.8 Å². The maximum absolute atomic E-state index is 12.1. The molecule has 19 heavy (non-hydrogen) atoms. The van der Waals surface area contributed by atoms with Crippen LogP contribution in [0.25, 0.3) is 0 Å². The Morgan fingerprint density at radius 3 is 2.63 bits per heavy atom. The van der Waals surface area contributed by atoms with Crippen molar-refractivity contribution in [3.8, 4) is 5.75 Å². The Hall–Kier alpha value is -1.20. The lowest BCUT2D eigenvalue weighted by atomic mass is 10.1. The largest absolute Gasteiger partial charge is 0.435 e. The first-order chi connectivity index (χ1) is 9.02. The number of hydrogen-bond donors (Lipinski definition) is 1. The number of rotatable bonds is 8. The van der Waals surface area contributed by atoms with Gasteiger partial charge in [0.05, 0.1) is 6.61 Å². The van der Waals surface area contributed by atoms with Gasteiger partial charge in [0, 0.05) is 18.7 Å². The first kappa shape index (κ1) is 15.9. The molecule has 3 nitrogen and oxygen atoms in total. The second kappa shape index (κ2) is 8.07. The molecular weight excluding hydrogens is 252 g/mol. The minimum atomic E-state index is -2.80. The van der Waals surface area contributed by atoms with Crippen molar-refractivity contribution < 1.29 is 18.3 Å². The number of halogens is 2. The van der Waals surface area contributed by atoms with Crippen LogP contribution in [0, 0.1) is 0 Å². The van der Waals surface area contributed by atoms with Crippen molar-refractivity contribution in [2.75, 3.05) is 13.2 Å². The van der Waals surface area contributed by atoms with Gasteiger partial charge < -0.3 is 14.8 Å². The molecule has 2 unspecified atom stereocenters. The van der Waals surface area contributed by atoms with Gasteiger partial charge in [-0.1, -0.05) is 12.1 Å². The summed E-state index contributed by atoms with van der Waals surface area (Å²) in [6.07, 6.45) is 0. The van der Waals surface area contributed by atoms with Crippen LogP contribution in [-0.2, 0) is 4.74 Å². The molecule has 0 spiro atoms. The Labute approximate surface area is 112 Å². The fraction of sp³-hybridized carbons (Fsp3) is 0.571. The van der Waals surface area contributed by atoms with Crippen LogP contribution in [0.5, 0.6) is 5.75 Å². The average Bonchev–Trinajstić information content (AvgIpc) is 2.35. The third-order valence-corrected chi connectivity index (χ3v) is 2.69. The normalized spacial score (nSPS) is 14.4. The summed E-state index contributed by atoms with van der Waals surface area (Å²) in [5, 5.41) is 3.34. The molecular formula is C14H21F2NO2. The van der Waals surface area contributed by atoms with Gasteiger partial charge in [0.25, 0.3) is 0 Å². The van der Waals surface area contributed by atoms with E-state index in [9.17, 15) is 8.78 Å². The molecule has 1 aromatic rings. The van der Waals surface area contributed by atoms with Gasteiger partial charge in [-0.25, -0.2) is 0 Å². The molecule has 5 heteroatoms. The van der Waals surface area contributed by atoms with Crippen molar-refractivity contribution in [2.45, 2.75) is 39.5 Å². The van der Waals surface area contributed by atoms with E-state index in [1.54, 1.807) is 12.1 Å². The summed E-state index contributed by atoms with van der Waals surface area (Å²) in [5.41, 5.74) is 0.904. The fourth-order valence-corrected chi connectivity index (χ4v) is 1.83. The lowest BCUT2D eigenvalue weighted by Gasteiger charge is -2.20. The topological polar surface area (TPSA) is 30.5 Å². The molecule has 0 fully saturated rings. The van der Waals surface area contributed by atoms with Crippen molar-refractivity contribution in [1.29, 1.82) is 0 Å². The van der Waals surface area contributed by atoms with Gasteiger partial charge in [-0.3, -0.25) is 0 Å². The highest BCUT2D eigenvalue weighted by atomic mass is 19.3. The van der Waals surface area contributed by atoms with Gasteiger partial charge >= 0.3 is 6.61 Å². The quantitative estimate of drug-likeness (QED) is 0.787. The summed E-state index contributed by atoms with van der Waals surface area (Å²) in [6, 6.07) is 6.96. The van der Waals surface area contributed by atoms with E-state index in [1.807, 2.05) is 26.8 Å². The molecule has 0 bridgehead atoms. The molecule has 0 saturated carbocycles. The molecule has 0 aliphatic rings. The zero-order valence-corrected chi connectivity index (χ0v) is 11.5. The molecule has 1 N–H and O–H groups in total. The van der Waals surface area contributed by atoms with Crippen molar-refractivity contribution in [1.82, 2.24) is 5.32 Å². The number of ether oxygens (including phenoxy) is 2. The van der Waals surface area contributed by atoms with Crippen LogP contribution in [0.2, 0.25) is 0 Å². The Bertz CT molecular complexity index is 374. The first-order valence-electron chi connectivity index (χ1n) is 6.41. The maximum Gasteiger partial charge on any atom is 0.387 e. The standard InChI is InChI=1S/C14H21F2NO2/c1-4-18-9-10(2)17-11(3)12-6-5-7-13(8-12)19-14(15)16/h5-8,10-11,14,17H,4,9H2,1-3H3. The predicted molar refractivity (Wildman–Crippen MR) is 70.6 cm³/mol. The second-order valence-corrected chi connectivity index (χ2v) is 4.40. The predicted octanol–water partition coefficient (Wildman–Crippen LogP) is 3.36. The lowest BCUT2D eigenvalue weighted by Crippen LogP contribution is -2.32. The zero-order chi connectivity index (χ0) is 14.3. The van der Waals surface area contributed by atoms with Crippen LogP contribution in [0.3, 0.4) is 0 Å². The van der Waals surface area contributed by atoms with Crippen molar-refractivity contribution in [3.63, 3.8) is 0 Å². The van der Waals surface area contributed by atoms with Gasteiger partial charge in [0.15, 0.2) is 0 Å². The monoisotopic (exact) mass is 273 g/mol. The molecule has 0 aliphatic carbocycles. The minimum absolute atomic E-state index is 0.0386. The van der Waals surface area contributed by atoms with E-state index in [2.05, 4.69) is 10.1 Å². The number of nitrogens with one attached hydrogen (secondary N) is 1. The molecule has 0 aliphatic heterocycles. The summed E-state index contributed by atoms with van der Waals surface area (Å²) in [6.45, 7) is 4.44. The van der Waals surface area contributed by atoms with E-state index in [1.165, 1.54) is 6.07 Å². The van der Waals surface area contributed by atoms with Gasteiger partial charge in [-0.15, -0.1) is 0 Å². The second-order valence-electron chi connectivity index (χ2n) is 4.40. The highest BCUT2D eigenvalue weighted by molar-refractivity contribution is 5.30. The van der Waals surface area contributed by atoms with E-state index < -0.39 is 6.61 Å². The van der Waals surface area contributed by atoms with E-state index in [0.29, 0.717) is 13.2 Å². The molecule has 0 aromatic heterocycles. The zero-order valence-electron chi connectivity index (χ0n) is 11.5. The Morgan fingerprint density at radius 1 is 1.26 bits per heavy atom. The van der Waals surface area contributed by atoms with Crippen LogP contribution in [0.15, 0.2) is 24.3 Å². The third-order valence-electron chi connectivity index (χ3n) is 2.69. The molecule has 0 heterocycles. The smallest absolute Gasteiger partial charge is 0.387 e. The molecule has 1 rings (SSSR count). The van der Waals surface area contributed by atoms with Crippen LogP contribution in [-0.4, -0.2) is 25.9 Å². The molecule has 0 radical (unpaired) electrons. The first-order valence-corrected chi connectivity index (χ1v) is 6.41. The van der Waals surface area contributed by atoms with E-state index in [0.717, 1.165) is 5.56 Å². The van der Waals surface area contributed by atoms with Crippen molar-refractivity contribution in [2.24, 2.45) is 0 Å². The summed E-state index contributed by atoms with van der Waals surface area (Å²) in [5.74, 6) is 0.179. The third kappa shape index (κ3) is 5.98. The summed E-state index contributed by atoms with van der Waals surface area (Å²) >= 11 is 0. The SMILES string of the molecule is CCOCC(C)NC(C)c1cccc(OC(F)F)c1. The van der Waals surface area contributed by atoms with Gasteiger partial charge in [-0.05, 0) is 38.5 Å². The van der Waals surface area contributed by atoms with Gasteiger partial charge in [0.2, 0.25) is 0 Å². The molecule has 1 aromatic carbocycles. The Kier molecular flexibility index (Phi) is 6.73.